The molecule has 142 valence electrons. The van der Waals surface area contributed by atoms with Crippen LogP contribution in [0, 0.1) is 5.41 Å². The number of piperidine rings is 1. The molecule has 0 radical (unpaired) electrons. The van der Waals surface area contributed by atoms with Crippen molar-refractivity contribution < 1.29 is 4.74 Å². The number of ether oxygens (including phenoxy) is 1. The van der Waals surface area contributed by atoms with Gasteiger partial charge in [-0.05, 0) is 55.8 Å². The van der Waals surface area contributed by atoms with Gasteiger partial charge >= 0.3 is 0 Å². The van der Waals surface area contributed by atoms with Gasteiger partial charge in [-0.25, -0.2) is 0 Å². The number of hydrogen-bond acceptors (Lipinski definition) is 4. The molecule has 0 spiro atoms. The zero-order chi connectivity index (χ0) is 19.1. The second kappa shape index (κ2) is 9.79. The van der Waals surface area contributed by atoms with Gasteiger partial charge < -0.3 is 20.8 Å². The lowest BCUT2D eigenvalue weighted by atomic mass is 10.1. The monoisotopic (exact) mass is 403 g/mol. The van der Waals surface area contributed by atoms with Crippen molar-refractivity contribution in [2.45, 2.75) is 25.5 Å². The highest BCUT2D eigenvalue weighted by Gasteiger charge is 2.11. The summed E-state index contributed by atoms with van der Waals surface area (Å²) in [6.45, 7) is 2.38. The van der Waals surface area contributed by atoms with Crippen molar-refractivity contribution in [3.63, 3.8) is 0 Å². The molecule has 4 nitrogen and oxygen atoms in total. The van der Waals surface area contributed by atoms with Crippen LogP contribution in [0.4, 0.5) is 0 Å². The molecule has 1 aliphatic rings. The summed E-state index contributed by atoms with van der Waals surface area (Å²) in [6, 6.07) is 13.5. The molecule has 0 bridgehead atoms. The number of hydrogen-bond donors (Lipinski definition) is 3. The molecule has 2 aromatic rings. The van der Waals surface area contributed by atoms with Crippen LogP contribution in [0.2, 0.25) is 10.0 Å². The average Bonchev–Trinajstić information content (AvgIpc) is 2.70. The van der Waals surface area contributed by atoms with Crippen LogP contribution in [-0.2, 0) is 6.61 Å². The topological polar surface area (TPSA) is 57.1 Å². The number of benzene rings is 2. The minimum Gasteiger partial charge on any atom is -0.489 e. The third-order valence-electron chi connectivity index (χ3n) is 4.60. The Morgan fingerprint density at radius 2 is 1.78 bits per heavy atom. The molecule has 3 N–H and O–H groups in total. The molecule has 0 atom stereocenters. The Hall–Kier alpha value is -2.01. The van der Waals surface area contributed by atoms with Crippen LogP contribution in [0.3, 0.4) is 0 Å². The third-order valence-corrected chi connectivity index (χ3v) is 5.31. The predicted molar refractivity (Wildman–Crippen MR) is 113 cm³/mol. The molecule has 1 aliphatic heterocycles. The molecule has 27 heavy (non-hydrogen) atoms. The van der Waals surface area contributed by atoms with Gasteiger partial charge in [0.2, 0.25) is 0 Å². The molecule has 6 heteroatoms. The van der Waals surface area contributed by atoms with Crippen molar-refractivity contribution in [1.82, 2.24) is 10.6 Å². The van der Waals surface area contributed by atoms with Crippen molar-refractivity contribution in [1.29, 1.82) is 5.41 Å². The summed E-state index contributed by atoms with van der Waals surface area (Å²) in [7, 11) is 0. The van der Waals surface area contributed by atoms with Crippen LogP contribution in [-0.4, -0.2) is 25.3 Å². The van der Waals surface area contributed by atoms with Gasteiger partial charge in [0.1, 0.15) is 12.4 Å². The van der Waals surface area contributed by atoms with Crippen LogP contribution in [0.5, 0.6) is 5.75 Å². The van der Waals surface area contributed by atoms with E-state index in [-0.39, 0.29) is 0 Å². The fraction of sp³-hybridized carbons (Fsp3) is 0.286. The van der Waals surface area contributed by atoms with Gasteiger partial charge in [-0.3, -0.25) is 0 Å². The van der Waals surface area contributed by atoms with Crippen molar-refractivity contribution in [2.24, 2.45) is 0 Å². The Morgan fingerprint density at radius 1 is 1.11 bits per heavy atom. The molecule has 3 rings (SSSR count). The largest absolute Gasteiger partial charge is 0.489 e. The van der Waals surface area contributed by atoms with Crippen molar-refractivity contribution in [3.05, 3.63) is 69.8 Å². The van der Waals surface area contributed by atoms with Crippen LogP contribution >= 0.6 is 23.2 Å². The minimum atomic E-state index is 0.308. The van der Waals surface area contributed by atoms with Crippen LogP contribution in [0.25, 0.3) is 5.57 Å². The van der Waals surface area contributed by atoms with E-state index in [1.54, 1.807) is 12.1 Å². The molecule has 1 heterocycles. The SMILES string of the molecule is N=C/C(=C\NC1CCNCC1)c1ccc(OCc2c(Cl)cccc2Cl)cc1. The molecular formula is C21H23Cl2N3O. The van der Waals surface area contributed by atoms with Gasteiger partial charge in [0.25, 0.3) is 0 Å². The lowest BCUT2D eigenvalue weighted by molar-refractivity contribution is 0.306. The number of rotatable bonds is 7. The summed E-state index contributed by atoms with van der Waals surface area (Å²) in [5.41, 5.74) is 2.58. The Labute approximate surface area is 170 Å². The van der Waals surface area contributed by atoms with E-state index in [4.69, 9.17) is 33.3 Å². The second-order valence-electron chi connectivity index (χ2n) is 6.45. The molecule has 0 aromatic heterocycles. The first kappa shape index (κ1) is 19.7. The first-order chi connectivity index (χ1) is 13.2. The first-order valence-corrected chi connectivity index (χ1v) is 9.76. The van der Waals surface area contributed by atoms with Gasteiger partial charge in [-0.15, -0.1) is 0 Å². The summed E-state index contributed by atoms with van der Waals surface area (Å²) in [4.78, 5) is 0. The highest BCUT2D eigenvalue weighted by molar-refractivity contribution is 6.35. The summed E-state index contributed by atoms with van der Waals surface area (Å²) in [5, 5.41) is 15.7. The highest BCUT2D eigenvalue weighted by Crippen LogP contribution is 2.26. The van der Waals surface area contributed by atoms with Gasteiger partial charge in [0.05, 0.1) is 0 Å². The molecule has 0 unspecified atom stereocenters. The standard InChI is InChI=1S/C21H23Cl2N3O/c22-20-2-1-3-21(23)19(20)14-27-18-6-4-15(5-7-18)16(12-24)13-26-17-8-10-25-11-9-17/h1-7,12-13,17,24-26H,8-11,14H2/b16-13+,24-12?. The molecular weight excluding hydrogens is 381 g/mol. The lowest BCUT2D eigenvalue weighted by Gasteiger charge is -2.23. The van der Waals surface area contributed by atoms with E-state index in [0.717, 1.165) is 48.4 Å². The molecule has 0 aliphatic carbocycles. The van der Waals surface area contributed by atoms with E-state index in [1.165, 1.54) is 6.21 Å². The fourth-order valence-corrected chi connectivity index (χ4v) is 3.48. The quantitative estimate of drug-likeness (QED) is 0.575. The first-order valence-electron chi connectivity index (χ1n) is 9.01. The summed E-state index contributed by atoms with van der Waals surface area (Å²) >= 11 is 12.3. The third kappa shape index (κ3) is 5.48. The van der Waals surface area contributed by atoms with E-state index in [2.05, 4.69) is 10.6 Å². The van der Waals surface area contributed by atoms with E-state index in [9.17, 15) is 0 Å². The maximum absolute atomic E-state index is 7.70. The maximum Gasteiger partial charge on any atom is 0.119 e. The number of halogens is 2. The smallest absolute Gasteiger partial charge is 0.119 e. The van der Waals surface area contributed by atoms with Crippen molar-refractivity contribution in [2.75, 3.05) is 13.1 Å². The van der Waals surface area contributed by atoms with Gasteiger partial charge in [0.15, 0.2) is 0 Å². The number of nitrogens with one attached hydrogen (secondary N) is 3. The van der Waals surface area contributed by atoms with Crippen molar-refractivity contribution in [3.8, 4) is 5.75 Å². The molecule has 0 amide bonds. The van der Waals surface area contributed by atoms with E-state index < -0.39 is 0 Å². The van der Waals surface area contributed by atoms with Crippen LogP contribution in [0.1, 0.15) is 24.0 Å². The Kier molecular flexibility index (Phi) is 7.16. The van der Waals surface area contributed by atoms with Crippen molar-refractivity contribution >= 4 is 35.0 Å². The highest BCUT2D eigenvalue weighted by atomic mass is 35.5. The Morgan fingerprint density at radius 3 is 2.41 bits per heavy atom. The Balaban J connectivity index is 1.62. The number of allylic oxidation sites excluding steroid dienone is 1. The van der Waals surface area contributed by atoms with Crippen LogP contribution < -0.4 is 15.4 Å². The molecule has 1 saturated heterocycles. The van der Waals surface area contributed by atoms with Gasteiger partial charge in [0, 0.05) is 39.6 Å². The normalized spacial score (nSPS) is 15.4. The minimum absolute atomic E-state index is 0.308. The van der Waals surface area contributed by atoms with Gasteiger partial charge in [-0.2, -0.15) is 0 Å². The summed E-state index contributed by atoms with van der Waals surface area (Å²) in [5.74, 6) is 0.727. The maximum atomic E-state index is 7.70. The second-order valence-corrected chi connectivity index (χ2v) is 7.26. The van der Waals surface area contributed by atoms with E-state index in [1.807, 2.05) is 36.5 Å². The zero-order valence-corrected chi connectivity index (χ0v) is 16.5. The molecule has 1 fully saturated rings. The van der Waals surface area contributed by atoms with Crippen LogP contribution in [0.15, 0.2) is 48.7 Å². The lowest BCUT2D eigenvalue weighted by Crippen LogP contribution is -2.37. The van der Waals surface area contributed by atoms with E-state index >= 15 is 0 Å². The summed E-state index contributed by atoms with van der Waals surface area (Å²) < 4.78 is 5.81. The van der Waals surface area contributed by atoms with Gasteiger partial charge in [-0.1, -0.05) is 41.4 Å². The molecule has 0 saturated carbocycles. The Bertz CT molecular complexity index is 779. The predicted octanol–water partition coefficient (Wildman–Crippen LogP) is 4.90. The van der Waals surface area contributed by atoms with E-state index in [0.29, 0.717) is 22.7 Å². The zero-order valence-electron chi connectivity index (χ0n) is 15.0. The fourth-order valence-electron chi connectivity index (χ4n) is 2.97. The summed E-state index contributed by atoms with van der Waals surface area (Å²) in [6.07, 6.45) is 5.49. The average molecular weight is 404 g/mol. The molecule has 2 aromatic carbocycles.